The van der Waals surface area contributed by atoms with Crippen LogP contribution in [0.25, 0.3) is 11.1 Å². The summed E-state index contributed by atoms with van der Waals surface area (Å²) in [6.45, 7) is 2.08. The van der Waals surface area contributed by atoms with Crippen LogP contribution in [0.3, 0.4) is 0 Å². The molecule has 0 bridgehead atoms. The topological polar surface area (TPSA) is 9.23 Å². The predicted octanol–water partition coefficient (Wildman–Crippen LogP) is 6.54. The smallest absolute Gasteiger partial charge is 0.123 e. The summed E-state index contributed by atoms with van der Waals surface area (Å²) in [5.74, 6) is 0.881. The lowest BCUT2D eigenvalue weighted by molar-refractivity contribution is 0.308. The van der Waals surface area contributed by atoms with Gasteiger partial charge in [0.05, 0.1) is 7.11 Å². The quantitative estimate of drug-likeness (QED) is 0.614. The number of aryl methyl sites for hydroxylation is 1. The Kier molecular flexibility index (Phi) is 4.79. The number of halogens is 2. The van der Waals surface area contributed by atoms with Crippen LogP contribution in [-0.4, -0.2) is 7.11 Å². The summed E-state index contributed by atoms with van der Waals surface area (Å²) >= 11 is 12.9. The van der Waals surface area contributed by atoms with E-state index in [1.165, 1.54) is 5.56 Å². The van der Waals surface area contributed by atoms with Crippen LogP contribution in [0.5, 0.6) is 0 Å². The molecule has 0 saturated heterocycles. The van der Waals surface area contributed by atoms with Crippen LogP contribution < -0.4 is 0 Å². The van der Waals surface area contributed by atoms with E-state index < -0.39 is 0 Å². The van der Waals surface area contributed by atoms with Crippen LogP contribution in [-0.2, 0) is 4.74 Å². The minimum atomic E-state index is 0.675. The molecule has 0 spiro atoms. The molecule has 0 saturated carbocycles. The molecule has 0 radical (unpaired) electrons. The molecule has 3 rings (SSSR count). The number of hydrogen-bond donors (Lipinski definition) is 0. The molecule has 0 N–H and O–H groups in total. The van der Waals surface area contributed by atoms with Crippen molar-refractivity contribution in [2.24, 2.45) is 0 Å². The van der Waals surface area contributed by atoms with E-state index in [-0.39, 0.29) is 0 Å². The van der Waals surface area contributed by atoms with Crippen LogP contribution in [0.2, 0.25) is 10.0 Å². The molecule has 0 unspecified atom stereocenters. The largest absolute Gasteiger partial charge is 0.496 e. The molecular formula is C20H18Cl2O. The van der Waals surface area contributed by atoms with Gasteiger partial charge in [-0.1, -0.05) is 59.1 Å². The van der Waals surface area contributed by atoms with E-state index in [0.29, 0.717) is 10.0 Å². The van der Waals surface area contributed by atoms with E-state index in [4.69, 9.17) is 27.9 Å². The molecule has 0 heterocycles. The van der Waals surface area contributed by atoms with Crippen molar-refractivity contribution in [3.05, 3.63) is 81.0 Å². The first-order chi connectivity index (χ1) is 11.1. The van der Waals surface area contributed by atoms with Crippen molar-refractivity contribution in [2.45, 2.75) is 19.8 Å². The Morgan fingerprint density at radius 2 is 1.61 bits per heavy atom. The van der Waals surface area contributed by atoms with Crippen LogP contribution in [0.15, 0.2) is 54.3 Å². The molecule has 0 aliphatic heterocycles. The SMILES string of the molecule is COC1=CCCC(c2c(Cl)cccc2Cl)=C1c1ccc(C)cc1. The minimum Gasteiger partial charge on any atom is -0.496 e. The number of benzene rings is 2. The van der Waals surface area contributed by atoms with Gasteiger partial charge in [0.2, 0.25) is 0 Å². The zero-order chi connectivity index (χ0) is 16.4. The first-order valence-corrected chi connectivity index (χ1v) is 8.36. The van der Waals surface area contributed by atoms with Crippen molar-refractivity contribution in [1.29, 1.82) is 0 Å². The Balaban J connectivity index is 2.27. The van der Waals surface area contributed by atoms with Gasteiger partial charge < -0.3 is 4.74 Å². The lowest BCUT2D eigenvalue weighted by atomic mass is 9.86. The van der Waals surface area contributed by atoms with E-state index in [0.717, 1.165) is 40.9 Å². The first kappa shape index (κ1) is 16.2. The average molecular weight is 345 g/mol. The van der Waals surface area contributed by atoms with Gasteiger partial charge in [-0.3, -0.25) is 0 Å². The fraction of sp³-hybridized carbons (Fsp3) is 0.200. The molecule has 0 fully saturated rings. The maximum absolute atomic E-state index is 6.45. The monoisotopic (exact) mass is 344 g/mol. The minimum absolute atomic E-state index is 0.675. The molecule has 0 aromatic heterocycles. The molecule has 0 atom stereocenters. The van der Waals surface area contributed by atoms with E-state index in [2.05, 4.69) is 37.3 Å². The summed E-state index contributed by atoms with van der Waals surface area (Å²) < 4.78 is 5.64. The molecule has 23 heavy (non-hydrogen) atoms. The van der Waals surface area contributed by atoms with Crippen molar-refractivity contribution >= 4 is 34.3 Å². The molecule has 1 nitrogen and oxygen atoms in total. The van der Waals surface area contributed by atoms with Crippen molar-refractivity contribution in [3.63, 3.8) is 0 Å². The summed E-state index contributed by atoms with van der Waals surface area (Å²) in [6.07, 6.45) is 3.93. The Morgan fingerprint density at radius 3 is 2.22 bits per heavy atom. The predicted molar refractivity (Wildman–Crippen MR) is 98.8 cm³/mol. The number of ether oxygens (including phenoxy) is 1. The van der Waals surface area contributed by atoms with Gasteiger partial charge >= 0.3 is 0 Å². The van der Waals surface area contributed by atoms with Gasteiger partial charge in [0.15, 0.2) is 0 Å². The third-order valence-electron chi connectivity index (χ3n) is 4.10. The Bertz CT molecular complexity index is 766. The van der Waals surface area contributed by atoms with Gasteiger partial charge in [-0.25, -0.2) is 0 Å². The third kappa shape index (κ3) is 3.17. The maximum Gasteiger partial charge on any atom is 0.123 e. The van der Waals surface area contributed by atoms with Gasteiger partial charge in [0.1, 0.15) is 5.76 Å². The number of hydrogen-bond acceptors (Lipinski definition) is 1. The lowest BCUT2D eigenvalue weighted by Gasteiger charge is -2.23. The van der Waals surface area contributed by atoms with Crippen LogP contribution in [0.4, 0.5) is 0 Å². The second-order valence-electron chi connectivity index (χ2n) is 5.63. The van der Waals surface area contributed by atoms with E-state index >= 15 is 0 Å². The highest BCUT2D eigenvalue weighted by Gasteiger charge is 2.22. The summed E-state index contributed by atoms with van der Waals surface area (Å²) in [6, 6.07) is 14.1. The van der Waals surface area contributed by atoms with Gasteiger partial charge in [0.25, 0.3) is 0 Å². The van der Waals surface area contributed by atoms with Crippen LogP contribution in [0.1, 0.15) is 29.5 Å². The number of rotatable bonds is 3. The Morgan fingerprint density at radius 1 is 0.957 bits per heavy atom. The molecule has 118 valence electrons. The van der Waals surface area contributed by atoms with E-state index in [9.17, 15) is 0 Å². The highest BCUT2D eigenvalue weighted by atomic mass is 35.5. The Labute approximate surface area is 147 Å². The molecular weight excluding hydrogens is 327 g/mol. The second kappa shape index (κ2) is 6.82. The third-order valence-corrected chi connectivity index (χ3v) is 4.73. The molecule has 0 amide bonds. The molecule has 1 aliphatic rings. The number of allylic oxidation sites excluding steroid dienone is 3. The van der Waals surface area contributed by atoms with Gasteiger partial charge in [0, 0.05) is 21.2 Å². The highest BCUT2D eigenvalue weighted by Crippen LogP contribution is 2.43. The fourth-order valence-electron chi connectivity index (χ4n) is 2.98. The normalized spacial score (nSPS) is 14.7. The summed E-state index contributed by atoms with van der Waals surface area (Å²) in [5.41, 5.74) is 5.48. The van der Waals surface area contributed by atoms with Crippen molar-refractivity contribution < 1.29 is 4.74 Å². The fourth-order valence-corrected chi connectivity index (χ4v) is 3.61. The Hall–Kier alpha value is -1.70. The zero-order valence-electron chi connectivity index (χ0n) is 13.2. The van der Waals surface area contributed by atoms with Crippen molar-refractivity contribution in [1.82, 2.24) is 0 Å². The van der Waals surface area contributed by atoms with Crippen LogP contribution >= 0.6 is 23.2 Å². The van der Waals surface area contributed by atoms with E-state index in [1.54, 1.807) is 7.11 Å². The van der Waals surface area contributed by atoms with Crippen molar-refractivity contribution in [3.8, 4) is 0 Å². The van der Waals surface area contributed by atoms with Gasteiger partial charge in [-0.15, -0.1) is 0 Å². The second-order valence-corrected chi connectivity index (χ2v) is 6.44. The summed E-state index contributed by atoms with van der Waals surface area (Å²) in [4.78, 5) is 0. The standard InChI is InChI=1S/C20H18Cl2O/c1-13-9-11-14(12-10-13)19-15(5-3-8-18(19)23-2)20-16(21)6-4-7-17(20)22/h4,6-12H,3,5H2,1-2H3. The average Bonchev–Trinajstić information content (AvgIpc) is 2.55. The highest BCUT2D eigenvalue weighted by molar-refractivity contribution is 6.38. The first-order valence-electron chi connectivity index (χ1n) is 7.61. The summed E-state index contributed by atoms with van der Waals surface area (Å²) in [5, 5.41) is 1.35. The maximum atomic E-state index is 6.45. The van der Waals surface area contributed by atoms with Crippen molar-refractivity contribution in [2.75, 3.05) is 7.11 Å². The van der Waals surface area contributed by atoms with E-state index in [1.807, 2.05) is 18.2 Å². The molecule has 3 heteroatoms. The van der Waals surface area contributed by atoms with Gasteiger partial charge in [-0.2, -0.15) is 0 Å². The molecule has 1 aliphatic carbocycles. The lowest BCUT2D eigenvalue weighted by Crippen LogP contribution is -2.03. The van der Waals surface area contributed by atoms with Gasteiger partial charge in [-0.05, 0) is 49.1 Å². The number of methoxy groups -OCH3 is 1. The summed E-state index contributed by atoms with van der Waals surface area (Å²) in [7, 11) is 1.71. The molecule has 2 aromatic rings. The zero-order valence-corrected chi connectivity index (χ0v) is 14.7. The van der Waals surface area contributed by atoms with Crippen LogP contribution in [0, 0.1) is 6.92 Å². The molecule has 2 aromatic carbocycles.